The van der Waals surface area contributed by atoms with E-state index in [-0.39, 0.29) is 19.4 Å². The minimum atomic E-state index is -1.00. The molecule has 9 heteroatoms. The number of alkyl carbamates (subject to hydrolysis) is 1. The van der Waals surface area contributed by atoms with Crippen LogP contribution in [0.2, 0.25) is 0 Å². The molecule has 2 aromatic rings. The van der Waals surface area contributed by atoms with Crippen LogP contribution in [0, 0.1) is 0 Å². The van der Waals surface area contributed by atoms with E-state index in [9.17, 15) is 14.4 Å². The number of hydrogen-bond donors (Lipinski definition) is 3. The summed E-state index contributed by atoms with van der Waals surface area (Å²) in [5.41, 5.74) is 6.37. The predicted octanol–water partition coefficient (Wildman–Crippen LogP) is 1.59. The molecule has 1 aromatic carbocycles. The van der Waals surface area contributed by atoms with E-state index in [4.69, 9.17) is 15.2 Å². The minimum Gasteiger partial charge on any atom is -0.481 e. The Labute approximate surface area is 162 Å². The van der Waals surface area contributed by atoms with Crippen LogP contribution in [0.25, 0.3) is 0 Å². The molecule has 0 saturated carbocycles. The van der Waals surface area contributed by atoms with E-state index in [1.54, 1.807) is 24.3 Å². The van der Waals surface area contributed by atoms with E-state index in [2.05, 4.69) is 15.6 Å². The standard InChI is InChI=1S/C19H22N4O5/c1-27-17-10-7-14(11-21-17)22-18(25)15(8-9-16(20)24)23-19(26)28-12-13-5-3-2-4-6-13/h2-7,10-11,15H,8-9,12H2,1H3,(H2,20,24)(H,22,25)(H,23,26). The number of carbonyl (C=O) groups excluding carboxylic acids is 3. The van der Waals surface area contributed by atoms with E-state index in [1.165, 1.54) is 13.3 Å². The molecule has 0 bridgehead atoms. The van der Waals surface area contributed by atoms with Gasteiger partial charge in [-0.15, -0.1) is 0 Å². The predicted molar refractivity (Wildman–Crippen MR) is 101 cm³/mol. The fourth-order valence-corrected chi connectivity index (χ4v) is 2.27. The van der Waals surface area contributed by atoms with E-state index in [1.807, 2.05) is 18.2 Å². The maximum Gasteiger partial charge on any atom is 0.408 e. The summed E-state index contributed by atoms with van der Waals surface area (Å²) in [6, 6.07) is 11.3. The lowest BCUT2D eigenvalue weighted by Gasteiger charge is -2.18. The highest BCUT2D eigenvalue weighted by atomic mass is 16.5. The van der Waals surface area contributed by atoms with Gasteiger partial charge in [0.1, 0.15) is 12.6 Å². The average molecular weight is 386 g/mol. The summed E-state index contributed by atoms with van der Waals surface area (Å²) < 4.78 is 10.1. The Kier molecular flexibility index (Phi) is 7.77. The summed E-state index contributed by atoms with van der Waals surface area (Å²) >= 11 is 0. The van der Waals surface area contributed by atoms with Gasteiger partial charge in [0.15, 0.2) is 0 Å². The van der Waals surface area contributed by atoms with E-state index in [0.717, 1.165) is 5.56 Å². The van der Waals surface area contributed by atoms with Crippen molar-refractivity contribution in [2.45, 2.75) is 25.5 Å². The van der Waals surface area contributed by atoms with Gasteiger partial charge in [0.25, 0.3) is 0 Å². The molecule has 0 spiro atoms. The molecule has 1 aromatic heterocycles. The number of nitrogens with one attached hydrogen (secondary N) is 2. The maximum atomic E-state index is 12.5. The first kappa shape index (κ1) is 20.7. The van der Waals surface area contributed by atoms with Crippen LogP contribution in [0.1, 0.15) is 18.4 Å². The molecule has 0 aliphatic rings. The number of carbonyl (C=O) groups is 3. The SMILES string of the molecule is COc1ccc(NC(=O)C(CCC(N)=O)NC(=O)OCc2ccccc2)cn1. The number of hydrogen-bond acceptors (Lipinski definition) is 6. The summed E-state index contributed by atoms with van der Waals surface area (Å²) in [5.74, 6) is -0.709. The second-order valence-corrected chi connectivity index (χ2v) is 5.84. The number of pyridine rings is 1. The third-order valence-corrected chi connectivity index (χ3v) is 3.71. The third-order valence-electron chi connectivity index (χ3n) is 3.71. The van der Waals surface area contributed by atoms with Crippen molar-refractivity contribution in [3.63, 3.8) is 0 Å². The Balaban J connectivity index is 1.95. The first-order chi connectivity index (χ1) is 13.5. The zero-order chi connectivity index (χ0) is 20.4. The molecule has 3 amide bonds. The number of nitrogens with zero attached hydrogens (tertiary/aromatic N) is 1. The van der Waals surface area contributed by atoms with E-state index < -0.39 is 23.9 Å². The summed E-state index contributed by atoms with van der Waals surface area (Å²) in [5, 5.41) is 5.08. The van der Waals surface area contributed by atoms with Crippen LogP contribution in [0.5, 0.6) is 5.88 Å². The molecule has 4 N–H and O–H groups in total. The van der Waals surface area contributed by atoms with Gasteiger partial charge >= 0.3 is 6.09 Å². The number of amides is 3. The monoisotopic (exact) mass is 386 g/mol. The molecule has 28 heavy (non-hydrogen) atoms. The summed E-state index contributed by atoms with van der Waals surface area (Å²) in [7, 11) is 1.48. The Bertz CT molecular complexity index is 796. The Morgan fingerprint density at radius 1 is 1.14 bits per heavy atom. The Morgan fingerprint density at radius 3 is 2.50 bits per heavy atom. The van der Waals surface area contributed by atoms with Crippen molar-refractivity contribution in [3.8, 4) is 5.88 Å². The van der Waals surface area contributed by atoms with E-state index >= 15 is 0 Å². The molecule has 0 aliphatic carbocycles. The Hall–Kier alpha value is -3.62. The Morgan fingerprint density at radius 2 is 1.89 bits per heavy atom. The van der Waals surface area contributed by atoms with Crippen molar-refractivity contribution >= 4 is 23.6 Å². The second kappa shape index (κ2) is 10.5. The molecule has 0 saturated heterocycles. The average Bonchev–Trinajstić information content (AvgIpc) is 2.70. The molecule has 0 fully saturated rings. The lowest BCUT2D eigenvalue weighted by Crippen LogP contribution is -2.44. The quantitative estimate of drug-likeness (QED) is 0.599. The summed E-state index contributed by atoms with van der Waals surface area (Å²) in [6.45, 7) is 0.0548. The van der Waals surface area contributed by atoms with Crippen molar-refractivity contribution in [2.75, 3.05) is 12.4 Å². The number of nitrogens with two attached hydrogens (primary N) is 1. The molecule has 0 radical (unpaired) electrons. The van der Waals surface area contributed by atoms with Crippen molar-refractivity contribution in [2.24, 2.45) is 5.73 Å². The van der Waals surface area contributed by atoms with E-state index in [0.29, 0.717) is 11.6 Å². The number of primary amides is 1. The largest absolute Gasteiger partial charge is 0.481 e. The molecular weight excluding hydrogens is 364 g/mol. The van der Waals surface area contributed by atoms with Gasteiger partial charge in [-0.3, -0.25) is 9.59 Å². The van der Waals surface area contributed by atoms with Crippen LogP contribution in [0.4, 0.5) is 10.5 Å². The van der Waals surface area contributed by atoms with Crippen molar-refractivity contribution in [1.82, 2.24) is 10.3 Å². The second-order valence-electron chi connectivity index (χ2n) is 5.84. The van der Waals surface area contributed by atoms with Gasteiger partial charge in [-0.1, -0.05) is 30.3 Å². The van der Waals surface area contributed by atoms with Crippen LogP contribution < -0.4 is 21.1 Å². The molecule has 0 aliphatic heterocycles. The van der Waals surface area contributed by atoms with Gasteiger partial charge in [0.05, 0.1) is 19.0 Å². The number of aromatic nitrogens is 1. The molecule has 1 unspecified atom stereocenters. The minimum absolute atomic E-state index is 0.0329. The van der Waals surface area contributed by atoms with Crippen LogP contribution in [0.3, 0.4) is 0 Å². The lowest BCUT2D eigenvalue weighted by molar-refractivity contribution is -0.119. The van der Waals surface area contributed by atoms with Gasteiger partial charge in [-0.25, -0.2) is 9.78 Å². The summed E-state index contributed by atoms with van der Waals surface area (Å²) in [4.78, 5) is 39.6. The fourth-order valence-electron chi connectivity index (χ4n) is 2.27. The fraction of sp³-hybridized carbons (Fsp3) is 0.263. The smallest absolute Gasteiger partial charge is 0.408 e. The normalized spacial score (nSPS) is 11.2. The molecule has 148 valence electrons. The van der Waals surface area contributed by atoms with Gasteiger partial charge in [-0.2, -0.15) is 0 Å². The number of ether oxygens (including phenoxy) is 2. The van der Waals surface area contributed by atoms with Crippen LogP contribution in [-0.4, -0.2) is 36.0 Å². The first-order valence-corrected chi connectivity index (χ1v) is 8.54. The van der Waals surface area contributed by atoms with Gasteiger partial charge < -0.3 is 25.8 Å². The number of rotatable bonds is 9. The zero-order valence-electron chi connectivity index (χ0n) is 15.4. The third kappa shape index (κ3) is 6.94. The van der Waals surface area contributed by atoms with Gasteiger partial charge in [0, 0.05) is 12.5 Å². The number of anilines is 1. The van der Waals surface area contributed by atoms with Crippen LogP contribution in [-0.2, 0) is 20.9 Å². The number of benzene rings is 1. The molecule has 1 heterocycles. The molecular formula is C19H22N4O5. The van der Waals surface area contributed by atoms with Gasteiger partial charge in [0.2, 0.25) is 17.7 Å². The lowest BCUT2D eigenvalue weighted by atomic mass is 10.1. The van der Waals surface area contributed by atoms with Crippen LogP contribution >= 0.6 is 0 Å². The van der Waals surface area contributed by atoms with Crippen molar-refractivity contribution in [3.05, 3.63) is 54.2 Å². The highest BCUT2D eigenvalue weighted by molar-refractivity contribution is 5.96. The maximum absolute atomic E-state index is 12.5. The molecule has 9 nitrogen and oxygen atoms in total. The van der Waals surface area contributed by atoms with Gasteiger partial charge in [-0.05, 0) is 18.1 Å². The highest BCUT2D eigenvalue weighted by Crippen LogP contribution is 2.12. The van der Waals surface area contributed by atoms with Crippen molar-refractivity contribution in [1.29, 1.82) is 0 Å². The van der Waals surface area contributed by atoms with Crippen molar-refractivity contribution < 1.29 is 23.9 Å². The molecule has 1 atom stereocenters. The summed E-state index contributed by atoms with van der Waals surface area (Å²) in [6.07, 6.45) is 0.597. The number of methoxy groups -OCH3 is 1. The van der Waals surface area contributed by atoms with Crippen LogP contribution in [0.15, 0.2) is 48.7 Å². The topological polar surface area (TPSA) is 133 Å². The molecule has 2 rings (SSSR count). The highest BCUT2D eigenvalue weighted by Gasteiger charge is 2.22. The first-order valence-electron chi connectivity index (χ1n) is 8.54. The zero-order valence-corrected chi connectivity index (χ0v) is 15.4.